The van der Waals surface area contributed by atoms with Crippen molar-refractivity contribution in [3.8, 4) is 0 Å². The molecule has 1 unspecified atom stereocenters. The molecular formula is C19H24N2. The molecule has 0 saturated carbocycles. The molecule has 0 radical (unpaired) electrons. The van der Waals surface area contributed by atoms with Crippen LogP contribution in [0.2, 0.25) is 0 Å². The number of rotatable bonds is 6. The molecule has 2 heteroatoms. The van der Waals surface area contributed by atoms with Gasteiger partial charge in [-0.2, -0.15) is 0 Å². The van der Waals surface area contributed by atoms with E-state index >= 15 is 0 Å². The summed E-state index contributed by atoms with van der Waals surface area (Å²) in [6.07, 6.45) is 3.68. The lowest BCUT2D eigenvalue weighted by Crippen LogP contribution is -2.32. The van der Waals surface area contributed by atoms with Crippen LogP contribution in [0.4, 0.5) is 5.69 Å². The highest BCUT2D eigenvalue weighted by molar-refractivity contribution is 5.59. The van der Waals surface area contributed by atoms with Gasteiger partial charge in [0, 0.05) is 18.3 Å². The van der Waals surface area contributed by atoms with Crippen molar-refractivity contribution in [2.75, 3.05) is 18.5 Å². The number of hydrogen-bond donors (Lipinski definition) is 1. The third-order valence-electron chi connectivity index (χ3n) is 4.36. The maximum atomic E-state index is 3.26. The van der Waals surface area contributed by atoms with Crippen LogP contribution in [0.25, 0.3) is 0 Å². The largest absolute Gasteiger partial charge is 0.364 e. The molecule has 1 atom stereocenters. The van der Waals surface area contributed by atoms with E-state index in [0.29, 0.717) is 6.04 Å². The Morgan fingerprint density at radius 1 is 1.05 bits per heavy atom. The van der Waals surface area contributed by atoms with Crippen molar-refractivity contribution in [2.24, 2.45) is 0 Å². The molecule has 0 bridgehead atoms. The molecule has 1 N–H and O–H groups in total. The number of fused-ring (bicyclic) bond motifs is 1. The van der Waals surface area contributed by atoms with E-state index in [1.54, 1.807) is 0 Å². The SMILES string of the molecule is CNCCCC1Cc2ccccc2N1Cc1ccccc1. The fraction of sp³-hybridized carbons (Fsp3) is 0.368. The van der Waals surface area contributed by atoms with Crippen molar-refractivity contribution in [3.63, 3.8) is 0 Å². The van der Waals surface area contributed by atoms with Gasteiger partial charge in [0.25, 0.3) is 0 Å². The molecule has 0 aliphatic carbocycles. The Morgan fingerprint density at radius 3 is 2.62 bits per heavy atom. The van der Waals surface area contributed by atoms with E-state index in [1.807, 2.05) is 7.05 Å². The molecule has 0 fully saturated rings. The summed E-state index contributed by atoms with van der Waals surface area (Å²) < 4.78 is 0. The molecule has 0 amide bonds. The average molecular weight is 280 g/mol. The van der Waals surface area contributed by atoms with Crippen LogP contribution in [0, 0.1) is 0 Å². The van der Waals surface area contributed by atoms with E-state index in [-0.39, 0.29) is 0 Å². The van der Waals surface area contributed by atoms with E-state index in [1.165, 1.54) is 36.1 Å². The van der Waals surface area contributed by atoms with E-state index in [2.05, 4.69) is 64.8 Å². The molecule has 0 aromatic heterocycles. The minimum Gasteiger partial charge on any atom is -0.364 e. The summed E-state index contributed by atoms with van der Waals surface area (Å²) in [5, 5.41) is 3.26. The summed E-state index contributed by atoms with van der Waals surface area (Å²) in [5.74, 6) is 0. The zero-order chi connectivity index (χ0) is 14.5. The highest BCUT2D eigenvalue weighted by Crippen LogP contribution is 2.34. The number of nitrogens with one attached hydrogen (secondary N) is 1. The van der Waals surface area contributed by atoms with Crippen LogP contribution in [0.15, 0.2) is 54.6 Å². The van der Waals surface area contributed by atoms with Crippen molar-refractivity contribution in [1.29, 1.82) is 0 Å². The first-order valence-corrected chi connectivity index (χ1v) is 7.91. The van der Waals surface area contributed by atoms with Crippen LogP contribution in [-0.4, -0.2) is 19.6 Å². The smallest absolute Gasteiger partial charge is 0.0432 e. The molecule has 2 aromatic carbocycles. The Kier molecular flexibility index (Phi) is 4.56. The Morgan fingerprint density at radius 2 is 1.81 bits per heavy atom. The molecule has 0 spiro atoms. The first-order chi connectivity index (χ1) is 10.4. The van der Waals surface area contributed by atoms with Gasteiger partial charge in [0.1, 0.15) is 0 Å². The van der Waals surface area contributed by atoms with Gasteiger partial charge >= 0.3 is 0 Å². The zero-order valence-electron chi connectivity index (χ0n) is 12.8. The zero-order valence-corrected chi connectivity index (χ0v) is 12.8. The number of hydrogen-bond acceptors (Lipinski definition) is 2. The van der Waals surface area contributed by atoms with Crippen LogP contribution in [0.5, 0.6) is 0 Å². The highest BCUT2D eigenvalue weighted by Gasteiger charge is 2.28. The van der Waals surface area contributed by atoms with Gasteiger partial charge in [0.2, 0.25) is 0 Å². The molecule has 3 rings (SSSR count). The van der Waals surface area contributed by atoms with Gasteiger partial charge in [0.05, 0.1) is 0 Å². The van der Waals surface area contributed by atoms with E-state index in [0.717, 1.165) is 13.1 Å². The summed E-state index contributed by atoms with van der Waals surface area (Å²) in [4.78, 5) is 2.60. The third-order valence-corrected chi connectivity index (χ3v) is 4.36. The van der Waals surface area contributed by atoms with Crippen LogP contribution in [0.1, 0.15) is 24.0 Å². The van der Waals surface area contributed by atoms with Gasteiger partial charge in [-0.25, -0.2) is 0 Å². The Bertz CT molecular complexity index is 565. The van der Waals surface area contributed by atoms with E-state index in [4.69, 9.17) is 0 Å². The van der Waals surface area contributed by atoms with E-state index < -0.39 is 0 Å². The van der Waals surface area contributed by atoms with Gasteiger partial charge in [0.15, 0.2) is 0 Å². The Balaban J connectivity index is 1.78. The number of nitrogens with zero attached hydrogens (tertiary/aromatic N) is 1. The van der Waals surface area contributed by atoms with Crippen molar-refractivity contribution in [2.45, 2.75) is 31.8 Å². The second-order valence-electron chi connectivity index (χ2n) is 5.85. The fourth-order valence-electron chi connectivity index (χ4n) is 3.29. The lowest BCUT2D eigenvalue weighted by molar-refractivity contribution is 0.541. The minimum atomic E-state index is 0.635. The first kappa shape index (κ1) is 14.2. The summed E-state index contributed by atoms with van der Waals surface area (Å²) in [6, 6.07) is 20.3. The normalized spacial score (nSPS) is 17.0. The van der Waals surface area contributed by atoms with Crippen LogP contribution in [0.3, 0.4) is 0 Å². The summed E-state index contributed by atoms with van der Waals surface area (Å²) >= 11 is 0. The molecule has 1 aliphatic rings. The summed E-state index contributed by atoms with van der Waals surface area (Å²) in [7, 11) is 2.03. The minimum absolute atomic E-state index is 0.635. The molecule has 1 aliphatic heterocycles. The molecule has 2 nitrogen and oxygen atoms in total. The molecule has 0 saturated heterocycles. The standard InChI is InChI=1S/C19H24N2/c1-20-13-7-11-18-14-17-10-5-6-12-19(17)21(18)15-16-8-3-2-4-9-16/h2-6,8-10,12,18,20H,7,11,13-15H2,1H3. The molecule has 21 heavy (non-hydrogen) atoms. The molecule has 110 valence electrons. The van der Waals surface area contributed by atoms with Crippen LogP contribution in [-0.2, 0) is 13.0 Å². The van der Waals surface area contributed by atoms with Crippen LogP contribution < -0.4 is 10.2 Å². The fourth-order valence-corrected chi connectivity index (χ4v) is 3.29. The van der Waals surface area contributed by atoms with Gasteiger partial charge in [-0.1, -0.05) is 48.5 Å². The number of benzene rings is 2. The monoisotopic (exact) mass is 280 g/mol. The Hall–Kier alpha value is -1.80. The predicted molar refractivity (Wildman–Crippen MR) is 89.7 cm³/mol. The maximum absolute atomic E-state index is 3.26. The summed E-state index contributed by atoms with van der Waals surface area (Å²) in [6.45, 7) is 2.12. The number of para-hydroxylation sites is 1. The lowest BCUT2D eigenvalue weighted by atomic mass is 10.1. The Labute approximate surface area is 127 Å². The topological polar surface area (TPSA) is 15.3 Å². The number of anilines is 1. The quantitative estimate of drug-likeness (QED) is 0.813. The van der Waals surface area contributed by atoms with Crippen molar-refractivity contribution in [1.82, 2.24) is 5.32 Å². The van der Waals surface area contributed by atoms with Gasteiger partial charge in [-0.3, -0.25) is 0 Å². The summed E-state index contributed by atoms with van der Waals surface area (Å²) in [5.41, 5.74) is 4.33. The lowest BCUT2D eigenvalue weighted by Gasteiger charge is -2.28. The first-order valence-electron chi connectivity index (χ1n) is 7.91. The van der Waals surface area contributed by atoms with Crippen LogP contribution >= 0.6 is 0 Å². The molecule has 2 aromatic rings. The van der Waals surface area contributed by atoms with Crippen molar-refractivity contribution < 1.29 is 0 Å². The molecule has 1 heterocycles. The van der Waals surface area contributed by atoms with Crippen molar-refractivity contribution in [3.05, 3.63) is 65.7 Å². The second kappa shape index (κ2) is 6.77. The second-order valence-corrected chi connectivity index (χ2v) is 5.85. The van der Waals surface area contributed by atoms with Gasteiger partial charge in [-0.15, -0.1) is 0 Å². The van der Waals surface area contributed by atoms with E-state index in [9.17, 15) is 0 Å². The predicted octanol–water partition coefficient (Wildman–Crippen LogP) is 3.62. The van der Waals surface area contributed by atoms with Crippen molar-refractivity contribution >= 4 is 5.69 Å². The molecular weight excluding hydrogens is 256 g/mol. The van der Waals surface area contributed by atoms with Gasteiger partial charge in [-0.05, 0) is 50.0 Å². The van der Waals surface area contributed by atoms with Gasteiger partial charge < -0.3 is 10.2 Å². The average Bonchev–Trinajstić information content (AvgIpc) is 2.87. The highest BCUT2D eigenvalue weighted by atomic mass is 15.2. The third kappa shape index (κ3) is 3.27. The maximum Gasteiger partial charge on any atom is 0.0432 e.